The molecule has 0 saturated carbocycles. The zero-order valence-electron chi connectivity index (χ0n) is 13.7. The van der Waals surface area contributed by atoms with Crippen LogP contribution < -0.4 is 9.64 Å². The molecule has 1 aromatic heterocycles. The quantitative estimate of drug-likeness (QED) is 0.721. The molecule has 6 nitrogen and oxygen atoms in total. The average Bonchev–Trinajstić information content (AvgIpc) is 2.68. The maximum atomic E-state index is 12.2. The number of piperazine rings is 1. The molecule has 1 aliphatic rings. The van der Waals surface area contributed by atoms with Gasteiger partial charge in [-0.2, -0.15) is 0 Å². The summed E-state index contributed by atoms with van der Waals surface area (Å²) in [5.41, 5.74) is 1.77. The number of carbonyl (C=O) groups is 1. The van der Waals surface area contributed by atoms with E-state index in [1.807, 2.05) is 42.5 Å². The molecule has 0 N–H and O–H groups in total. The fourth-order valence-electron chi connectivity index (χ4n) is 2.87. The van der Waals surface area contributed by atoms with Gasteiger partial charge in [0.05, 0.1) is 17.2 Å². The number of aromatic nitrogens is 2. The maximum absolute atomic E-state index is 12.2. The summed E-state index contributed by atoms with van der Waals surface area (Å²) in [4.78, 5) is 25.2. The van der Waals surface area contributed by atoms with Gasteiger partial charge in [-0.25, -0.2) is 9.78 Å². The summed E-state index contributed by atoms with van der Waals surface area (Å²) < 4.78 is 5.39. The Labute approximate surface area is 145 Å². The first-order chi connectivity index (χ1) is 12.3. The lowest BCUT2D eigenvalue weighted by Gasteiger charge is -2.34. The SMILES string of the molecule is O=C(Oc1ccccc1)N1CCN(c2cnc3ccccc3n2)CC1. The van der Waals surface area contributed by atoms with E-state index in [0.29, 0.717) is 31.9 Å². The van der Waals surface area contributed by atoms with E-state index in [-0.39, 0.29) is 6.09 Å². The topological polar surface area (TPSA) is 58.6 Å². The van der Waals surface area contributed by atoms with E-state index < -0.39 is 0 Å². The molecule has 2 heterocycles. The fraction of sp³-hybridized carbons (Fsp3) is 0.211. The Morgan fingerprint density at radius 1 is 0.880 bits per heavy atom. The summed E-state index contributed by atoms with van der Waals surface area (Å²) in [7, 11) is 0. The minimum absolute atomic E-state index is 0.310. The minimum Gasteiger partial charge on any atom is -0.410 e. The van der Waals surface area contributed by atoms with Crippen LogP contribution in [0, 0.1) is 0 Å². The molecule has 3 aromatic rings. The Morgan fingerprint density at radius 3 is 2.32 bits per heavy atom. The van der Waals surface area contributed by atoms with Crippen molar-refractivity contribution in [2.75, 3.05) is 31.1 Å². The molecular formula is C19H18N4O2. The van der Waals surface area contributed by atoms with Crippen LogP contribution in [0.1, 0.15) is 0 Å². The van der Waals surface area contributed by atoms with Gasteiger partial charge in [0.1, 0.15) is 11.6 Å². The number of fused-ring (bicyclic) bond motifs is 1. The molecule has 1 fully saturated rings. The van der Waals surface area contributed by atoms with Gasteiger partial charge in [-0.3, -0.25) is 4.98 Å². The third kappa shape index (κ3) is 3.38. The van der Waals surface area contributed by atoms with Gasteiger partial charge in [-0.1, -0.05) is 30.3 Å². The zero-order chi connectivity index (χ0) is 17.1. The number of hydrogen-bond donors (Lipinski definition) is 0. The monoisotopic (exact) mass is 334 g/mol. The van der Waals surface area contributed by atoms with E-state index in [9.17, 15) is 4.79 Å². The van der Waals surface area contributed by atoms with E-state index in [2.05, 4.69) is 14.9 Å². The molecule has 1 saturated heterocycles. The second-order valence-corrected chi connectivity index (χ2v) is 5.87. The summed E-state index contributed by atoms with van der Waals surface area (Å²) in [5.74, 6) is 1.41. The molecule has 4 rings (SSSR count). The third-order valence-corrected chi connectivity index (χ3v) is 4.25. The van der Waals surface area contributed by atoms with Crippen molar-refractivity contribution in [2.45, 2.75) is 0 Å². The van der Waals surface area contributed by atoms with Gasteiger partial charge >= 0.3 is 6.09 Å². The summed E-state index contributed by atoms with van der Waals surface area (Å²) >= 11 is 0. The number of nitrogens with zero attached hydrogens (tertiary/aromatic N) is 4. The van der Waals surface area contributed by atoms with Crippen LogP contribution in [0.4, 0.5) is 10.6 Å². The summed E-state index contributed by atoms with van der Waals surface area (Å²) in [6.07, 6.45) is 1.48. The predicted octanol–water partition coefficient (Wildman–Crippen LogP) is 2.95. The van der Waals surface area contributed by atoms with Crippen LogP contribution in [0.15, 0.2) is 60.8 Å². The lowest BCUT2D eigenvalue weighted by Crippen LogP contribution is -2.49. The van der Waals surface area contributed by atoms with Crippen molar-refractivity contribution >= 4 is 22.9 Å². The number of para-hydroxylation sites is 3. The predicted molar refractivity (Wildman–Crippen MR) is 95.8 cm³/mol. The van der Waals surface area contributed by atoms with Crippen LogP contribution in [0.3, 0.4) is 0 Å². The minimum atomic E-state index is -0.310. The maximum Gasteiger partial charge on any atom is 0.415 e. The van der Waals surface area contributed by atoms with Crippen molar-refractivity contribution in [1.29, 1.82) is 0 Å². The van der Waals surface area contributed by atoms with Gasteiger partial charge < -0.3 is 14.5 Å². The third-order valence-electron chi connectivity index (χ3n) is 4.25. The van der Waals surface area contributed by atoms with Gasteiger partial charge in [-0.15, -0.1) is 0 Å². The second kappa shape index (κ2) is 6.76. The second-order valence-electron chi connectivity index (χ2n) is 5.87. The van der Waals surface area contributed by atoms with Gasteiger partial charge in [0, 0.05) is 26.2 Å². The summed E-state index contributed by atoms with van der Waals surface area (Å²) in [6, 6.07) is 16.9. The van der Waals surface area contributed by atoms with E-state index in [0.717, 1.165) is 16.9 Å². The van der Waals surface area contributed by atoms with Gasteiger partial charge in [0.2, 0.25) is 0 Å². The van der Waals surface area contributed by atoms with E-state index in [1.54, 1.807) is 23.2 Å². The van der Waals surface area contributed by atoms with Crippen LogP contribution in [0.2, 0.25) is 0 Å². The first-order valence-electron chi connectivity index (χ1n) is 8.28. The van der Waals surface area contributed by atoms with Crippen LogP contribution in [0.5, 0.6) is 5.75 Å². The molecule has 0 spiro atoms. The highest BCUT2D eigenvalue weighted by molar-refractivity contribution is 5.75. The van der Waals surface area contributed by atoms with Crippen molar-refractivity contribution in [3.8, 4) is 5.75 Å². The summed E-state index contributed by atoms with van der Waals surface area (Å²) in [5, 5.41) is 0. The average molecular weight is 334 g/mol. The molecule has 0 unspecified atom stereocenters. The number of carbonyl (C=O) groups excluding carboxylic acids is 1. The molecule has 1 amide bonds. The number of ether oxygens (including phenoxy) is 1. The van der Waals surface area contributed by atoms with Crippen molar-refractivity contribution < 1.29 is 9.53 Å². The molecule has 25 heavy (non-hydrogen) atoms. The molecule has 126 valence electrons. The van der Waals surface area contributed by atoms with Crippen LogP contribution >= 0.6 is 0 Å². The van der Waals surface area contributed by atoms with E-state index >= 15 is 0 Å². The lowest BCUT2D eigenvalue weighted by atomic mass is 10.3. The van der Waals surface area contributed by atoms with Crippen LogP contribution in [0.25, 0.3) is 11.0 Å². The van der Waals surface area contributed by atoms with Crippen LogP contribution in [-0.4, -0.2) is 47.1 Å². The highest BCUT2D eigenvalue weighted by Gasteiger charge is 2.23. The highest BCUT2D eigenvalue weighted by Crippen LogP contribution is 2.18. The van der Waals surface area contributed by atoms with Crippen molar-refractivity contribution in [1.82, 2.24) is 14.9 Å². The Balaban J connectivity index is 1.39. The Bertz CT molecular complexity index is 877. The molecule has 0 aliphatic carbocycles. The number of benzene rings is 2. The molecule has 0 bridgehead atoms. The molecule has 0 radical (unpaired) electrons. The fourth-order valence-corrected chi connectivity index (χ4v) is 2.87. The first kappa shape index (κ1) is 15.4. The number of hydrogen-bond acceptors (Lipinski definition) is 5. The molecule has 1 aliphatic heterocycles. The smallest absolute Gasteiger partial charge is 0.410 e. The molecule has 0 atom stereocenters. The Morgan fingerprint density at radius 2 is 1.56 bits per heavy atom. The van der Waals surface area contributed by atoms with Crippen LogP contribution in [-0.2, 0) is 0 Å². The molecule has 2 aromatic carbocycles. The lowest BCUT2D eigenvalue weighted by molar-refractivity contribution is 0.149. The largest absolute Gasteiger partial charge is 0.415 e. The standard InChI is InChI=1S/C19H18N4O2/c24-19(25-15-6-2-1-3-7-15)23-12-10-22(11-13-23)18-14-20-16-8-4-5-9-17(16)21-18/h1-9,14H,10-13H2. The zero-order valence-corrected chi connectivity index (χ0v) is 13.7. The Hall–Kier alpha value is -3.15. The summed E-state index contributed by atoms with van der Waals surface area (Å²) in [6.45, 7) is 2.61. The first-order valence-corrected chi connectivity index (χ1v) is 8.28. The molecule has 6 heteroatoms. The number of anilines is 1. The Kier molecular flexibility index (Phi) is 4.16. The van der Waals surface area contributed by atoms with Gasteiger partial charge in [0.25, 0.3) is 0 Å². The van der Waals surface area contributed by atoms with E-state index in [4.69, 9.17) is 4.74 Å². The molecular weight excluding hydrogens is 316 g/mol. The van der Waals surface area contributed by atoms with E-state index in [1.165, 1.54) is 0 Å². The van der Waals surface area contributed by atoms with Gasteiger partial charge in [-0.05, 0) is 24.3 Å². The number of amides is 1. The van der Waals surface area contributed by atoms with Gasteiger partial charge in [0.15, 0.2) is 0 Å². The normalized spacial score (nSPS) is 14.6. The van der Waals surface area contributed by atoms with Crippen molar-refractivity contribution in [3.05, 3.63) is 60.8 Å². The highest BCUT2D eigenvalue weighted by atomic mass is 16.6. The number of rotatable bonds is 2. The van der Waals surface area contributed by atoms with Crippen molar-refractivity contribution in [3.63, 3.8) is 0 Å². The van der Waals surface area contributed by atoms with Crippen molar-refractivity contribution in [2.24, 2.45) is 0 Å².